The molecule has 0 spiro atoms. The van der Waals surface area contributed by atoms with Gasteiger partial charge in [0.05, 0.1) is 6.20 Å². The minimum Gasteiger partial charge on any atom is -0.410 e. The molecular weight excluding hydrogens is 358 g/mol. The Labute approximate surface area is 159 Å². The number of hydrogen-bond acceptors (Lipinski definition) is 5. The maximum absolute atomic E-state index is 12.1. The largest absolute Gasteiger partial charge is 0.417 e. The van der Waals surface area contributed by atoms with Crippen molar-refractivity contribution >= 4 is 11.8 Å². The zero-order valence-corrected chi connectivity index (χ0v) is 14.6. The Morgan fingerprint density at radius 2 is 1.75 bits per heavy atom. The van der Waals surface area contributed by atoms with E-state index in [2.05, 4.69) is 20.4 Å². The van der Waals surface area contributed by atoms with Gasteiger partial charge in [-0.3, -0.25) is 15.1 Å². The van der Waals surface area contributed by atoms with Crippen LogP contribution in [0.4, 0.5) is 10.5 Å². The molecule has 4 aromatic rings. The van der Waals surface area contributed by atoms with E-state index < -0.39 is 11.7 Å². The molecule has 28 heavy (non-hydrogen) atoms. The first-order valence-corrected chi connectivity index (χ1v) is 8.43. The lowest BCUT2D eigenvalue weighted by Gasteiger charge is -2.07. The second-order valence-electron chi connectivity index (χ2n) is 5.81. The van der Waals surface area contributed by atoms with Crippen molar-refractivity contribution in [2.45, 2.75) is 0 Å². The molecule has 0 aliphatic heterocycles. The first kappa shape index (κ1) is 17.2. The number of aromatic nitrogens is 4. The van der Waals surface area contributed by atoms with Crippen LogP contribution < -0.4 is 15.6 Å². The fraction of sp³-hybridized carbons (Fsp3) is 0. The van der Waals surface area contributed by atoms with E-state index in [-0.39, 0.29) is 11.6 Å². The summed E-state index contributed by atoms with van der Waals surface area (Å²) >= 11 is 0. The molecule has 0 aliphatic rings. The summed E-state index contributed by atoms with van der Waals surface area (Å²) in [5.74, 6) is 0.597. The van der Waals surface area contributed by atoms with Gasteiger partial charge in [-0.25, -0.2) is 14.5 Å². The van der Waals surface area contributed by atoms with Crippen LogP contribution in [0.5, 0.6) is 5.75 Å². The third-order valence-corrected chi connectivity index (χ3v) is 3.92. The lowest BCUT2D eigenvalue weighted by molar-refractivity contribution is 0.215. The highest BCUT2D eigenvalue weighted by Crippen LogP contribution is 2.22. The van der Waals surface area contributed by atoms with Crippen LogP contribution in [0.2, 0.25) is 0 Å². The number of rotatable bonds is 4. The number of carbonyl (C=O) groups is 1. The van der Waals surface area contributed by atoms with Crippen molar-refractivity contribution in [1.82, 2.24) is 19.7 Å². The molecule has 4 rings (SSSR count). The monoisotopic (exact) mass is 373 g/mol. The number of carbonyl (C=O) groups excluding carboxylic acids is 1. The van der Waals surface area contributed by atoms with Gasteiger partial charge in [-0.05, 0) is 29.3 Å². The summed E-state index contributed by atoms with van der Waals surface area (Å²) in [6, 6.07) is 18.6. The van der Waals surface area contributed by atoms with E-state index in [1.165, 1.54) is 10.9 Å². The average molecular weight is 373 g/mol. The van der Waals surface area contributed by atoms with Crippen LogP contribution in [0.15, 0.2) is 84.0 Å². The van der Waals surface area contributed by atoms with E-state index in [0.717, 1.165) is 11.1 Å². The zero-order chi connectivity index (χ0) is 19.3. The van der Waals surface area contributed by atoms with Gasteiger partial charge >= 0.3 is 6.09 Å². The van der Waals surface area contributed by atoms with Crippen molar-refractivity contribution in [1.29, 1.82) is 0 Å². The molecule has 138 valence electrons. The topological polar surface area (TPSA) is 102 Å². The molecule has 0 unspecified atom stereocenters. The Morgan fingerprint density at radius 3 is 2.43 bits per heavy atom. The van der Waals surface area contributed by atoms with E-state index >= 15 is 0 Å². The number of ether oxygens (including phenoxy) is 1. The summed E-state index contributed by atoms with van der Waals surface area (Å²) < 4.78 is 6.62. The third kappa shape index (κ3) is 3.80. The summed E-state index contributed by atoms with van der Waals surface area (Å²) in [7, 11) is 0. The molecule has 0 atom stereocenters. The van der Waals surface area contributed by atoms with Crippen LogP contribution in [-0.4, -0.2) is 25.8 Å². The minimum absolute atomic E-state index is 0.0261. The maximum atomic E-state index is 12.1. The Kier molecular flexibility index (Phi) is 4.67. The number of hydrogen-bond donors (Lipinski definition) is 2. The number of amides is 1. The molecule has 0 bridgehead atoms. The molecule has 2 aromatic heterocycles. The van der Waals surface area contributed by atoms with Gasteiger partial charge in [-0.15, -0.1) is 0 Å². The first-order valence-electron chi connectivity index (χ1n) is 8.43. The van der Waals surface area contributed by atoms with Crippen LogP contribution in [0.25, 0.3) is 17.1 Å². The van der Waals surface area contributed by atoms with Gasteiger partial charge in [0.25, 0.3) is 5.56 Å². The van der Waals surface area contributed by atoms with Crippen LogP contribution in [0.3, 0.4) is 0 Å². The smallest absolute Gasteiger partial charge is 0.410 e. The number of aromatic amines is 1. The Morgan fingerprint density at radius 1 is 1.00 bits per heavy atom. The second kappa shape index (κ2) is 7.58. The van der Waals surface area contributed by atoms with Gasteiger partial charge in [0.15, 0.2) is 0 Å². The molecule has 8 nitrogen and oxygen atoms in total. The molecule has 2 aromatic carbocycles. The summed E-state index contributed by atoms with van der Waals surface area (Å²) in [6.45, 7) is 0. The van der Waals surface area contributed by atoms with Crippen molar-refractivity contribution in [3.63, 3.8) is 0 Å². The molecule has 2 N–H and O–H groups in total. The molecule has 8 heteroatoms. The number of H-pyrrole nitrogens is 1. The van der Waals surface area contributed by atoms with Gasteiger partial charge in [0.1, 0.15) is 11.4 Å². The number of nitrogens with zero attached hydrogens (tertiary/aromatic N) is 3. The molecule has 0 radical (unpaired) electrons. The molecule has 1 amide bonds. The SMILES string of the molecule is O=C(Nc1cnc(-n2cccn2)[nH]c1=O)Oc1ccc(-c2ccccc2)cc1. The Hall–Kier alpha value is -4.20. The minimum atomic E-state index is -0.786. The predicted molar refractivity (Wildman–Crippen MR) is 104 cm³/mol. The summed E-state index contributed by atoms with van der Waals surface area (Å²) in [5.41, 5.74) is 1.52. The number of anilines is 1. The van der Waals surface area contributed by atoms with Crippen molar-refractivity contribution in [2.75, 3.05) is 5.32 Å². The molecule has 0 aliphatic carbocycles. The summed E-state index contributed by atoms with van der Waals surface area (Å²) in [5, 5.41) is 6.36. The zero-order valence-electron chi connectivity index (χ0n) is 14.6. The van der Waals surface area contributed by atoms with Crippen LogP contribution in [-0.2, 0) is 0 Å². The highest BCUT2D eigenvalue weighted by atomic mass is 16.6. The lowest BCUT2D eigenvalue weighted by atomic mass is 10.1. The normalized spacial score (nSPS) is 10.4. The quantitative estimate of drug-likeness (QED) is 0.572. The van der Waals surface area contributed by atoms with Gasteiger partial charge in [0.2, 0.25) is 5.95 Å². The molecule has 0 saturated heterocycles. The van der Waals surface area contributed by atoms with Crippen LogP contribution in [0.1, 0.15) is 0 Å². The Balaban J connectivity index is 1.42. The maximum Gasteiger partial charge on any atom is 0.417 e. The molecule has 0 fully saturated rings. The van der Waals surface area contributed by atoms with Crippen LogP contribution >= 0.6 is 0 Å². The van der Waals surface area contributed by atoms with Gasteiger partial charge < -0.3 is 4.74 Å². The van der Waals surface area contributed by atoms with Gasteiger partial charge in [-0.2, -0.15) is 5.10 Å². The van der Waals surface area contributed by atoms with E-state index in [4.69, 9.17) is 4.74 Å². The Bertz CT molecular complexity index is 1140. The van der Waals surface area contributed by atoms with E-state index in [0.29, 0.717) is 5.75 Å². The van der Waals surface area contributed by atoms with Crippen LogP contribution in [0, 0.1) is 0 Å². The molecular formula is C20H15N5O3. The average Bonchev–Trinajstić information content (AvgIpc) is 3.26. The summed E-state index contributed by atoms with van der Waals surface area (Å²) in [6.07, 6.45) is 3.66. The first-order chi connectivity index (χ1) is 13.7. The third-order valence-electron chi connectivity index (χ3n) is 3.92. The van der Waals surface area contributed by atoms with E-state index in [1.807, 2.05) is 42.5 Å². The highest BCUT2D eigenvalue weighted by molar-refractivity contribution is 5.85. The van der Waals surface area contributed by atoms with Crippen molar-refractivity contribution in [2.24, 2.45) is 0 Å². The molecule has 2 heterocycles. The fourth-order valence-electron chi connectivity index (χ4n) is 2.57. The van der Waals surface area contributed by atoms with Gasteiger partial charge in [-0.1, -0.05) is 42.5 Å². The highest BCUT2D eigenvalue weighted by Gasteiger charge is 2.10. The lowest BCUT2D eigenvalue weighted by Crippen LogP contribution is -2.24. The standard InChI is InChI=1S/C20H15N5O3/c26-18-17(13-21-19(24-18)25-12-4-11-22-25)23-20(27)28-16-9-7-15(8-10-16)14-5-2-1-3-6-14/h1-13H,(H,23,27)(H,21,24,26). The second-order valence-corrected chi connectivity index (χ2v) is 5.81. The number of benzene rings is 2. The fourth-order valence-corrected chi connectivity index (χ4v) is 2.57. The van der Waals surface area contributed by atoms with Crippen molar-refractivity contribution in [3.05, 3.63) is 89.6 Å². The molecule has 0 saturated carbocycles. The van der Waals surface area contributed by atoms with Crippen molar-refractivity contribution in [3.8, 4) is 22.8 Å². The van der Waals surface area contributed by atoms with Gasteiger partial charge in [0, 0.05) is 12.4 Å². The summed E-state index contributed by atoms with van der Waals surface area (Å²) in [4.78, 5) is 30.8. The van der Waals surface area contributed by atoms with Crippen molar-refractivity contribution < 1.29 is 9.53 Å². The number of nitrogens with one attached hydrogen (secondary N) is 2. The predicted octanol–water partition coefficient (Wildman–Crippen LogP) is 3.23. The van der Waals surface area contributed by atoms with E-state index in [1.54, 1.807) is 30.6 Å². The van der Waals surface area contributed by atoms with E-state index in [9.17, 15) is 9.59 Å².